The molecule has 2 aromatic rings. The second-order valence-corrected chi connectivity index (χ2v) is 3.83. The van der Waals surface area contributed by atoms with Gasteiger partial charge in [0.05, 0.1) is 17.4 Å². The highest BCUT2D eigenvalue weighted by Gasteiger charge is 2.16. The maximum atomic E-state index is 11.5. The zero-order valence-electron chi connectivity index (χ0n) is 10.4. The third kappa shape index (κ3) is 3.15. The maximum Gasteiger partial charge on any atom is 0.311 e. The number of aromatic hydroxyl groups is 2. The highest BCUT2D eigenvalue weighted by Crippen LogP contribution is 2.31. The van der Waals surface area contributed by atoms with E-state index in [1.54, 1.807) is 0 Å². The van der Waals surface area contributed by atoms with Crippen LogP contribution in [0.2, 0.25) is 0 Å². The molecule has 0 aliphatic rings. The Morgan fingerprint density at radius 2 is 2.14 bits per heavy atom. The van der Waals surface area contributed by atoms with E-state index in [-0.39, 0.29) is 11.3 Å². The van der Waals surface area contributed by atoms with Crippen LogP contribution in [0.25, 0.3) is 0 Å². The molecule has 21 heavy (non-hydrogen) atoms. The number of furan rings is 1. The molecule has 0 aliphatic carbocycles. The number of amides is 1. The summed E-state index contributed by atoms with van der Waals surface area (Å²) >= 11 is 0. The standard InChI is InChI=1S/C12H9N3O6/c16-9-5-10(17)8(15(19)20)4-7(9)6-13-14-12(18)11-2-1-3-21-11/h1-6,16-17H,(H,14,18)/b13-6+. The lowest BCUT2D eigenvalue weighted by atomic mass is 10.2. The second kappa shape index (κ2) is 5.74. The van der Waals surface area contributed by atoms with Gasteiger partial charge in [-0.25, -0.2) is 5.43 Å². The van der Waals surface area contributed by atoms with Gasteiger partial charge in [0.15, 0.2) is 11.5 Å². The molecule has 9 nitrogen and oxygen atoms in total. The molecule has 2 rings (SSSR count). The highest BCUT2D eigenvalue weighted by molar-refractivity contribution is 5.92. The Labute approximate surface area is 117 Å². The van der Waals surface area contributed by atoms with Crippen molar-refractivity contribution in [1.29, 1.82) is 0 Å². The van der Waals surface area contributed by atoms with Crippen molar-refractivity contribution in [2.45, 2.75) is 0 Å². The summed E-state index contributed by atoms with van der Waals surface area (Å²) in [6.07, 6.45) is 2.32. The van der Waals surface area contributed by atoms with Crippen LogP contribution in [0.3, 0.4) is 0 Å². The van der Waals surface area contributed by atoms with Crippen molar-refractivity contribution in [1.82, 2.24) is 5.43 Å². The van der Waals surface area contributed by atoms with E-state index in [4.69, 9.17) is 4.42 Å². The van der Waals surface area contributed by atoms with Crippen molar-refractivity contribution in [3.05, 3.63) is 52.0 Å². The van der Waals surface area contributed by atoms with Crippen molar-refractivity contribution in [2.75, 3.05) is 0 Å². The molecule has 0 aliphatic heterocycles. The van der Waals surface area contributed by atoms with E-state index in [1.165, 1.54) is 18.4 Å². The summed E-state index contributed by atoms with van der Waals surface area (Å²) in [7, 11) is 0. The number of nitrogens with one attached hydrogen (secondary N) is 1. The monoisotopic (exact) mass is 291 g/mol. The first-order chi connectivity index (χ1) is 9.99. The summed E-state index contributed by atoms with van der Waals surface area (Å²) in [5.74, 6) is -1.68. The van der Waals surface area contributed by atoms with E-state index in [9.17, 15) is 25.1 Å². The number of nitro benzene ring substituents is 1. The van der Waals surface area contributed by atoms with Gasteiger partial charge in [0.25, 0.3) is 0 Å². The van der Waals surface area contributed by atoms with Gasteiger partial charge in [-0.05, 0) is 12.1 Å². The normalized spacial score (nSPS) is 10.7. The summed E-state index contributed by atoms with van der Waals surface area (Å²) in [6, 6.07) is 4.68. The molecular weight excluding hydrogens is 282 g/mol. The van der Waals surface area contributed by atoms with E-state index >= 15 is 0 Å². The van der Waals surface area contributed by atoms with Gasteiger partial charge in [0.1, 0.15) is 5.75 Å². The van der Waals surface area contributed by atoms with Crippen LogP contribution >= 0.6 is 0 Å². The Morgan fingerprint density at radius 1 is 1.38 bits per heavy atom. The van der Waals surface area contributed by atoms with Gasteiger partial charge in [-0.2, -0.15) is 5.10 Å². The maximum absolute atomic E-state index is 11.5. The minimum atomic E-state index is -0.812. The molecule has 9 heteroatoms. The fraction of sp³-hybridized carbons (Fsp3) is 0. The molecule has 0 unspecified atom stereocenters. The van der Waals surface area contributed by atoms with Crippen molar-refractivity contribution < 1.29 is 24.3 Å². The first-order valence-electron chi connectivity index (χ1n) is 5.56. The molecule has 1 aromatic heterocycles. The smallest absolute Gasteiger partial charge is 0.311 e. The molecule has 1 aromatic carbocycles. The van der Waals surface area contributed by atoms with E-state index in [0.29, 0.717) is 0 Å². The highest BCUT2D eigenvalue weighted by atomic mass is 16.6. The van der Waals surface area contributed by atoms with Gasteiger partial charge in [0, 0.05) is 17.7 Å². The number of hydrogen-bond donors (Lipinski definition) is 3. The number of phenolic OH excluding ortho intramolecular Hbond substituents is 2. The Kier molecular flexibility index (Phi) is 3.84. The molecule has 0 saturated carbocycles. The molecule has 0 fully saturated rings. The molecule has 0 spiro atoms. The van der Waals surface area contributed by atoms with Gasteiger partial charge in [0.2, 0.25) is 0 Å². The number of benzene rings is 1. The zero-order valence-corrected chi connectivity index (χ0v) is 10.4. The molecule has 1 amide bonds. The topological polar surface area (TPSA) is 138 Å². The van der Waals surface area contributed by atoms with Crippen LogP contribution in [0.1, 0.15) is 16.1 Å². The first-order valence-corrected chi connectivity index (χ1v) is 5.56. The summed E-state index contributed by atoms with van der Waals surface area (Å²) in [5, 5.41) is 33.0. The predicted octanol–water partition coefficient (Wildman–Crippen LogP) is 1.36. The Hall–Kier alpha value is -3.36. The fourth-order valence-electron chi connectivity index (χ4n) is 1.45. The molecule has 0 atom stereocenters. The lowest BCUT2D eigenvalue weighted by molar-refractivity contribution is -0.385. The van der Waals surface area contributed by atoms with Gasteiger partial charge in [-0.15, -0.1) is 0 Å². The molecule has 0 saturated heterocycles. The quantitative estimate of drug-likeness (QED) is 0.441. The van der Waals surface area contributed by atoms with Crippen LogP contribution in [-0.2, 0) is 0 Å². The van der Waals surface area contributed by atoms with Gasteiger partial charge >= 0.3 is 11.6 Å². The second-order valence-electron chi connectivity index (χ2n) is 3.83. The third-order valence-corrected chi connectivity index (χ3v) is 2.44. The lowest BCUT2D eigenvalue weighted by Crippen LogP contribution is -2.16. The van der Waals surface area contributed by atoms with Crippen LogP contribution in [0.15, 0.2) is 40.0 Å². The summed E-state index contributed by atoms with van der Waals surface area (Å²) < 4.78 is 4.83. The number of phenols is 2. The molecule has 3 N–H and O–H groups in total. The Balaban J connectivity index is 2.15. The first kappa shape index (κ1) is 14.1. The molecule has 1 heterocycles. The number of hydrogen-bond acceptors (Lipinski definition) is 7. The van der Waals surface area contributed by atoms with Gasteiger partial charge in [-0.1, -0.05) is 0 Å². The number of carbonyl (C=O) groups is 1. The summed E-state index contributed by atoms with van der Waals surface area (Å²) in [4.78, 5) is 21.3. The number of carbonyl (C=O) groups excluding carboxylic acids is 1. The largest absolute Gasteiger partial charge is 0.507 e. The number of nitro groups is 1. The van der Waals surface area contributed by atoms with E-state index in [0.717, 1.165) is 18.3 Å². The average molecular weight is 291 g/mol. The van der Waals surface area contributed by atoms with Crippen LogP contribution in [0.5, 0.6) is 11.5 Å². The number of rotatable bonds is 4. The third-order valence-electron chi connectivity index (χ3n) is 2.44. The molecular formula is C12H9N3O6. The van der Waals surface area contributed by atoms with E-state index < -0.39 is 28.0 Å². The SMILES string of the molecule is O=C(N/N=C/c1cc([N+](=O)[O-])c(O)cc1O)c1ccco1. The van der Waals surface area contributed by atoms with Crippen LogP contribution in [0.4, 0.5) is 5.69 Å². The molecule has 0 bridgehead atoms. The molecule has 108 valence electrons. The zero-order chi connectivity index (χ0) is 15.4. The van der Waals surface area contributed by atoms with Crippen LogP contribution in [0, 0.1) is 10.1 Å². The van der Waals surface area contributed by atoms with Crippen molar-refractivity contribution in [3.63, 3.8) is 0 Å². The summed E-state index contributed by atoms with van der Waals surface area (Å²) in [6.45, 7) is 0. The van der Waals surface area contributed by atoms with Crippen LogP contribution in [-0.4, -0.2) is 27.3 Å². The predicted molar refractivity (Wildman–Crippen MR) is 70.2 cm³/mol. The Morgan fingerprint density at radius 3 is 2.76 bits per heavy atom. The minimum absolute atomic E-state index is 0.0352. The number of hydrazone groups is 1. The van der Waals surface area contributed by atoms with Crippen molar-refractivity contribution in [3.8, 4) is 11.5 Å². The number of nitrogens with zero attached hydrogens (tertiary/aromatic N) is 2. The van der Waals surface area contributed by atoms with Gasteiger partial charge in [-0.3, -0.25) is 14.9 Å². The lowest BCUT2D eigenvalue weighted by Gasteiger charge is -2.01. The van der Waals surface area contributed by atoms with Gasteiger partial charge < -0.3 is 14.6 Å². The molecule has 0 radical (unpaired) electrons. The average Bonchev–Trinajstić information content (AvgIpc) is 2.94. The van der Waals surface area contributed by atoms with E-state index in [1.807, 2.05) is 0 Å². The van der Waals surface area contributed by atoms with Crippen molar-refractivity contribution >= 4 is 17.8 Å². The van der Waals surface area contributed by atoms with Crippen molar-refractivity contribution in [2.24, 2.45) is 5.10 Å². The minimum Gasteiger partial charge on any atom is -0.507 e. The van der Waals surface area contributed by atoms with E-state index in [2.05, 4.69) is 10.5 Å². The van der Waals surface area contributed by atoms with Crippen LogP contribution < -0.4 is 5.43 Å². The fourth-order valence-corrected chi connectivity index (χ4v) is 1.45. The Bertz CT molecular complexity index is 708. The summed E-state index contributed by atoms with van der Waals surface area (Å²) in [5.41, 5.74) is 1.48.